The lowest BCUT2D eigenvalue weighted by Crippen LogP contribution is -2.63. The van der Waals surface area contributed by atoms with Crippen molar-refractivity contribution in [1.82, 2.24) is 10.3 Å². The van der Waals surface area contributed by atoms with Gasteiger partial charge in [0.25, 0.3) is 5.91 Å². The molecule has 1 aliphatic heterocycles. The van der Waals surface area contributed by atoms with Gasteiger partial charge in [-0.25, -0.2) is 0 Å². The fourth-order valence-corrected chi connectivity index (χ4v) is 2.72. The molecule has 0 amide bonds. The highest BCUT2D eigenvalue weighted by Gasteiger charge is 2.39. The lowest BCUT2D eigenvalue weighted by Gasteiger charge is -2.45. The summed E-state index contributed by atoms with van der Waals surface area (Å²) in [6.45, 7) is 2.36. The van der Waals surface area contributed by atoms with E-state index in [2.05, 4.69) is 33.4 Å². The Morgan fingerprint density at radius 1 is 1.20 bits per heavy atom. The third kappa shape index (κ3) is 2.14. The van der Waals surface area contributed by atoms with Crippen molar-refractivity contribution in [3.8, 4) is 0 Å². The number of nitrogens with zero attached hydrogens (tertiary/aromatic N) is 2. The van der Waals surface area contributed by atoms with Crippen LogP contribution in [-0.4, -0.2) is 44.7 Å². The molecule has 0 saturated carbocycles. The minimum absolute atomic E-state index is 0.630. The number of benzene rings is 1. The molecule has 1 saturated heterocycles. The van der Waals surface area contributed by atoms with Crippen LogP contribution in [0.15, 0.2) is 36.7 Å². The van der Waals surface area contributed by atoms with E-state index < -0.39 is 5.91 Å². The SMILES string of the molecule is COC1(OC)CNCCN1c1ccc2ccncc2c1. The van der Waals surface area contributed by atoms with E-state index in [4.69, 9.17) is 9.47 Å². The number of ether oxygens (including phenoxy) is 2. The molecule has 0 spiro atoms. The van der Waals surface area contributed by atoms with Gasteiger partial charge in [-0.15, -0.1) is 0 Å². The van der Waals surface area contributed by atoms with Crippen molar-refractivity contribution in [3.05, 3.63) is 36.7 Å². The Hall–Kier alpha value is -1.69. The molecule has 106 valence electrons. The van der Waals surface area contributed by atoms with E-state index in [1.807, 2.05) is 12.3 Å². The maximum atomic E-state index is 5.63. The van der Waals surface area contributed by atoms with Gasteiger partial charge in [-0.1, -0.05) is 6.07 Å². The van der Waals surface area contributed by atoms with Gasteiger partial charge in [0, 0.05) is 50.8 Å². The quantitative estimate of drug-likeness (QED) is 0.861. The maximum Gasteiger partial charge on any atom is 0.264 e. The summed E-state index contributed by atoms with van der Waals surface area (Å²) in [4.78, 5) is 6.33. The maximum absolute atomic E-state index is 5.63. The molecule has 1 N–H and O–H groups in total. The second-order valence-corrected chi connectivity index (χ2v) is 4.86. The van der Waals surface area contributed by atoms with E-state index in [0.717, 1.165) is 24.2 Å². The van der Waals surface area contributed by atoms with Gasteiger partial charge in [-0.05, 0) is 23.6 Å². The van der Waals surface area contributed by atoms with Crippen LogP contribution in [0.5, 0.6) is 0 Å². The van der Waals surface area contributed by atoms with E-state index in [1.54, 1.807) is 20.4 Å². The second-order valence-electron chi connectivity index (χ2n) is 4.86. The molecule has 5 nitrogen and oxygen atoms in total. The minimum atomic E-state index is -0.756. The Morgan fingerprint density at radius 3 is 2.85 bits per heavy atom. The van der Waals surface area contributed by atoms with Crippen molar-refractivity contribution in [3.63, 3.8) is 0 Å². The molecule has 0 radical (unpaired) electrons. The predicted molar refractivity (Wildman–Crippen MR) is 78.7 cm³/mol. The molecule has 0 aliphatic carbocycles. The van der Waals surface area contributed by atoms with Gasteiger partial charge in [0.15, 0.2) is 0 Å². The molecule has 5 heteroatoms. The first-order valence-electron chi connectivity index (χ1n) is 6.71. The highest BCUT2D eigenvalue weighted by atomic mass is 16.7. The van der Waals surface area contributed by atoms with E-state index in [-0.39, 0.29) is 0 Å². The summed E-state index contributed by atoms with van der Waals surface area (Å²) in [5.74, 6) is -0.756. The van der Waals surface area contributed by atoms with Gasteiger partial charge in [-0.2, -0.15) is 0 Å². The number of hydrogen-bond acceptors (Lipinski definition) is 5. The molecule has 1 aliphatic rings. The largest absolute Gasteiger partial charge is 0.335 e. The zero-order valence-corrected chi connectivity index (χ0v) is 11.8. The number of rotatable bonds is 3. The van der Waals surface area contributed by atoms with Crippen LogP contribution in [0.3, 0.4) is 0 Å². The molecule has 1 aromatic heterocycles. The molecule has 0 atom stereocenters. The molecule has 2 aromatic rings. The normalized spacial score (nSPS) is 18.4. The van der Waals surface area contributed by atoms with Crippen LogP contribution in [0.25, 0.3) is 10.8 Å². The summed E-state index contributed by atoms with van der Waals surface area (Å²) >= 11 is 0. The Balaban J connectivity index is 2.03. The van der Waals surface area contributed by atoms with Crippen molar-refractivity contribution in [2.24, 2.45) is 0 Å². The summed E-state index contributed by atoms with van der Waals surface area (Å²) in [5.41, 5.74) is 1.08. The minimum Gasteiger partial charge on any atom is -0.335 e. The Morgan fingerprint density at radius 2 is 2.05 bits per heavy atom. The zero-order chi connectivity index (χ0) is 14.0. The summed E-state index contributed by atoms with van der Waals surface area (Å²) in [7, 11) is 3.35. The van der Waals surface area contributed by atoms with Gasteiger partial charge in [-0.3, -0.25) is 4.98 Å². The Kier molecular flexibility index (Phi) is 3.56. The number of anilines is 1. The monoisotopic (exact) mass is 273 g/mol. The fourth-order valence-electron chi connectivity index (χ4n) is 2.72. The van der Waals surface area contributed by atoms with E-state index in [9.17, 15) is 0 Å². The summed E-state index contributed by atoms with van der Waals surface area (Å²) in [5, 5.41) is 5.61. The third-order valence-electron chi connectivity index (χ3n) is 3.85. The molecule has 3 rings (SSSR count). The van der Waals surface area contributed by atoms with E-state index in [0.29, 0.717) is 6.54 Å². The molecule has 0 bridgehead atoms. The van der Waals surface area contributed by atoms with Crippen molar-refractivity contribution in [2.75, 3.05) is 38.8 Å². The molecular formula is C15H19N3O2. The first kappa shape index (κ1) is 13.3. The standard InChI is InChI=1S/C15H19N3O2/c1-19-15(20-2)11-17-7-8-18(15)14-4-3-12-5-6-16-10-13(12)9-14/h3-6,9-10,17H,7-8,11H2,1-2H3. The lowest BCUT2D eigenvalue weighted by molar-refractivity contribution is -0.208. The van der Waals surface area contributed by atoms with Crippen molar-refractivity contribution in [2.45, 2.75) is 5.91 Å². The smallest absolute Gasteiger partial charge is 0.264 e. The second kappa shape index (κ2) is 5.36. The fraction of sp³-hybridized carbons (Fsp3) is 0.400. The van der Waals surface area contributed by atoms with Crippen LogP contribution in [0.2, 0.25) is 0 Å². The highest BCUT2D eigenvalue weighted by molar-refractivity contribution is 5.85. The first-order chi connectivity index (χ1) is 9.79. The highest BCUT2D eigenvalue weighted by Crippen LogP contribution is 2.29. The van der Waals surface area contributed by atoms with E-state index >= 15 is 0 Å². The molecule has 2 heterocycles. The van der Waals surface area contributed by atoms with Crippen LogP contribution >= 0.6 is 0 Å². The predicted octanol–water partition coefficient (Wildman–Crippen LogP) is 1.59. The topological polar surface area (TPSA) is 46.6 Å². The number of methoxy groups -OCH3 is 2. The number of fused-ring (bicyclic) bond motifs is 1. The van der Waals surface area contributed by atoms with Gasteiger partial charge in [0.2, 0.25) is 0 Å². The summed E-state index contributed by atoms with van der Waals surface area (Å²) in [6, 6.07) is 8.34. The Bertz CT molecular complexity index is 598. The van der Waals surface area contributed by atoms with Gasteiger partial charge >= 0.3 is 0 Å². The van der Waals surface area contributed by atoms with Gasteiger partial charge in [0.1, 0.15) is 0 Å². The average Bonchev–Trinajstić information content (AvgIpc) is 2.54. The van der Waals surface area contributed by atoms with Crippen LogP contribution in [0, 0.1) is 0 Å². The summed E-state index contributed by atoms with van der Waals surface area (Å²) < 4.78 is 11.3. The summed E-state index contributed by atoms with van der Waals surface area (Å²) in [6.07, 6.45) is 3.68. The van der Waals surface area contributed by atoms with Crippen LogP contribution in [0.1, 0.15) is 0 Å². The lowest BCUT2D eigenvalue weighted by atomic mass is 10.1. The number of pyridine rings is 1. The van der Waals surface area contributed by atoms with Crippen LogP contribution in [-0.2, 0) is 9.47 Å². The van der Waals surface area contributed by atoms with Gasteiger partial charge < -0.3 is 19.7 Å². The molecule has 1 aromatic carbocycles. The van der Waals surface area contributed by atoms with Crippen LogP contribution < -0.4 is 10.2 Å². The number of aromatic nitrogens is 1. The van der Waals surface area contributed by atoms with Crippen molar-refractivity contribution < 1.29 is 9.47 Å². The van der Waals surface area contributed by atoms with E-state index in [1.165, 1.54) is 5.39 Å². The molecule has 1 fully saturated rings. The zero-order valence-electron chi connectivity index (χ0n) is 11.8. The Labute approximate surface area is 118 Å². The molecular weight excluding hydrogens is 254 g/mol. The van der Waals surface area contributed by atoms with Crippen molar-refractivity contribution in [1.29, 1.82) is 0 Å². The number of nitrogens with one attached hydrogen (secondary N) is 1. The number of hydrogen-bond donors (Lipinski definition) is 1. The number of piperazine rings is 1. The third-order valence-corrected chi connectivity index (χ3v) is 3.85. The first-order valence-corrected chi connectivity index (χ1v) is 6.71. The van der Waals surface area contributed by atoms with Crippen LogP contribution in [0.4, 0.5) is 5.69 Å². The van der Waals surface area contributed by atoms with Gasteiger partial charge in [0.05, 0.1) is 6.54 Å². The average molecular weight is 273 g/mol. The molecule has 20 heavy (non-hydrogen) atoms. The van der Waals surface area contributed by atoms with Crippen molar-refractivity contribution >= 4 is 16.5 Å². The molecule has 0 unspecified atom stereocenters.